The van der Waals surface area contributed by atoms with Crippen LogP contribution in [-0.2, 0) is 9.53 Å². The van der Waals surface area contributed by atoms with Crippen molar-refractivity contribution >= 4 is 17.6 Å². The summed E-state index contributed by atoms with van der Waals surface area (Å²) in [6, 6.07) is 10.4. The molecule has 146 valence electrons. The highest BCUT2D eigenvalue weighted by molar-refractivity contribution is 5.84. The van der Waals surface area contributed by atoms with Gasteiger partial charge in [-0.05, 0) is 32.4 Å². The fraction of sp³-hybridized carbons (Fsp3) is 0.579. The zero-order chi connectivity index (χ0) is 19.0. The predicted molar refractivity (Wildman–Crippen MR) is 108 cm³/mol. The van der Waals surface area contributed by atoms with E-state index in [0.29, 0.717) is 19.1 Å². The Kier molecular flexibility index (Phi) is 11.7. The number of guanidine groups is 1. The van der Waals surface area contributed by atoms with Gasteiger partial charge in [0.25, 0.3) is 0 Å². The van der Waals surface area contributed by atoms with Crippen molar-refractivity contribution in [2.45, 2.75) is 20.3 Å². The number of anilines is 1. The van der Waals surface area contributed by atoms with Crippen molar-refractivity contribution in [3.8, 4) is 0 Å². The van der Waals surface area contributed by atoms with Gasteiger partial charge in [-0.15, -0.1) is 0 Å². The molecule has 1 aromatic carbocycles. The Morgan fingerprint density at radius 1 is 1.12 bits per heavy atom. The fourth-order valence-electron chi connectivity index (χ4n) is 2.43. The molecule has 7 nitrogen and oxygen atoms in total. The molecule has 7 heteroatoms. The van der Waals surface area contributed by atoms with Gasteiger partial charge < -0.3 is 25.6 Å². The maximum absolute atomic E-state index is 11.7. The monoisotopic (exact) mass is 363 g/mol. The molecule has 0 saturated carbocycles. The molecule has 0 aliphatic carbocycles. The summed E-state index contributed by atoms with van der Waals surface area (Å²) in [5.41, 5.74) is 1.24. The molecule has 1 amide bonds. The number of rotatable bonds is 12. The molecular weight excluding hydrogens is 330 g/mol. The van der Waals surface area contributed by atoms with Crippen LogP contribution in [0.5, 0.6) is 0 Å². The number of aliphatic imine (C=N–C) groups is 1. The van der Waals surface area contributed by atoms with E-state index in [1.54, 1.807) is 7.11 Å². The molecule has 0 bridgehead atoms. The van der Waals surface area contributed by atoms with E-state index >= 15 is 0 Å². The van der Waals surface area contributed by atoms with Crippen molar-refractivity contribution in [2.75, 3.05) is 57.9 Å². The maximum atomic E-state index is 11.7. The largest absolute Gasteiger partial charge is 0.383 e. The van der Waals surface area contributed by atoms with Crippen molar-refractivity contribution in [3.63, 3.8) is 0 Å². The van der Waals surface area contributed by atoms with Crippen LogP contribution < -0.4 is 20.9 Å². The smallest absolute Gasteiger partial charge is 0.241 e. The van der Waals surface area contributed by atoms with Gasteiger partial charge in [0.15, 0.2) is 5.96 Å². The van der Waals surface area contributed by atoms with Gasteiger partial charge in [-0.3, -0.25) is 4.79 Å². The molecule has 0 atom stereocenters. The van der Waals surface area contributed by atoms with Gasteiger partial charge >= 0.3 is 0 Å². The maximum Gasteiger partial charge on any atom is 0.241 e. The van der Waals surface area contributed by atoms with Crippen molar-refractivity contribution in [3.05, 3.63) is 30.3 Å². The van der Waals surface area contributed by atoms with Gasteiger partial charge in [0, 0.05) is 45.5 Å². The number of carbonyl (C=O) groups is 1. The van der Waals surface area contributed by atoms with Crippen LogP contribution in [0.4, 0.5) is 5.69 Å². The zero-order valence-corrected chi connectivity index (χ0v) is 16.3. The van der Waals surface area contributed by atoms with Gasteiger partial charge in [0.2, 0.25) is 5.91 Å². The number of nitrogens with zero attached hydrogens (tertiary/aromatic N) is 2. The van der Waals surface area contributed by atoms with E-state index in [4.69, 9.17) is 4.74 Å². The Bertz CT molecular complexity index is 522. The Hall–Kier alpha value is -2.28. The lowest BCUT2D eigenvalue weighted by molar-refractivity contribution is -0.119. The normalized spacial score (nSPS) is 11.1. The minimum absolute atomic E-state index is 0.101. The van der Waals surface area contributed by atoms with Crippen LogP contribution >= 0.6 is 0 Å². The quantitative estimate of drug-likeness (QED) is 0.296. The summed E-state index contributed by atoms with van der Waals surface area (Å²) < 4.78 is 4.90. The minimum Gasteiger partial charge on any atom is -0.383 e. The first-order valence-electron chi connectivity index (χ1n) is 9.29. The highest BCUT2D eigenvalue weighted by Crippen LogP contribution is 2.12. The number of para-hydroxylation sites is 1. The standard InChI is InChI=1S/C19H33N5O2/c1-4-20-19(23-16-18(25)21-13-15-26-3)22-12-9-14-24(5-2)17-10-7-6-8-11-17/h6-8,10-11H,4-5,9,12-16H2,1-3H3,(H,21,25)(H2,20,22,23). The van der Waals surface area contributed by atoms with Crippen LogP contribution in [0.2, 0.25) is 0 Å². The van der Waals surface area contributed by atoms with E-state index in [0.717, 1.165) is 32.6 Å². The Morgan fingerprint density at radius 3 is 2.54 bits per heavy atom. The highest BCUT2D eigenvalue weighted by Gasteiger charge is 2.04. The number of nitrogens with one attached hydrogen (secondary N) is 3. The topological polar surface area (TPSA) is 78.0 Å². The van der Waals surface area contributed by atoms with Crippen LogP contribution in [0.3, 0.4) is 0 Å². The molecule has 0 radical (unpaired) electrons. The second-order valence-electron chi connectivity index (χ2n) is 5.73. The second kappa shape index (κ2) is 13.9. The Labute approximate surface area is 157 Å². The molecule has 3 N–H and O–H groups in total. The SMILES string of the molecule is CCNC(=NCC(=O)NCCOC)NCCCN(CC)c1ccccc1. The molecule has 0 unspecified atom stereocenters. The number of hydrogen-bond acceptors (Lipinski definition) is 4. The fourth-order valence-corrected chi connectivity index (χ4v) is 2.43. The van der Waals surface area contributed by atoms with E-state index in [2.05, 4.69) is 57.0 Å². The minimum atomic E-state index is -0.111. The second-order valence-corrected chi connectivity index (χ2v) is 5.73. The van der Waals surface area contributed by atoms with E-state index in [-0.39, 0.29) is 12.5 Å². The molecular formula is C19H33N5O2. The Morgan fingerprint density at radius 2 is 1.88 bits per heavy atom. The van der Waals surface area contributed by atoms with Crippen LogP contribution in [-0.4, -0.2) is 64.9 Å². The number of benzene rings is 1. The van der Waals surface area contributed by atoms with Crippen LogP contribution in [0.15, 0.2) is 35.3 Å². The third kappa shape index (κ3) is 9.27. The molecule has 0 aliphatic rings. The molecule has 0 heterocycles. The van der Waals surface area contributed by atoms with Gasteiger partial charge in [-0.2, -0.15) is 0 Å². The third-order valence-electron chi connectivity index (χ3n) is 3.75. The first-order valence-corrected chi connectivity index (χ1v) is 9.29. The van der Waals surface area contributed by atoms with E-state index in [1.807, 2.05) is 13.0 Å². The van der Waals surface area contributed by atoms with Gasteiger partial charge in [-0.1, -0.05) is 18.2 Å². The summed E-state index contributed by atoms with van der Waals surface area (Å²) in [5, 5.41) is 9.20. The molecule has 26 heavy (non-hydrogen) atoms. The Balaban J connectivity index is 2.35. The van der Waals surface area contributed by atoms with E-state index < -0.39 is 0 Å². The van der Waals surface area contributed by atoms with Crippen molar-refractivity contribution in [1.29, 1.82) is 0 Å². The van der Waals surface area contributed by atoms with Gasteiger partial charge in [-0.25, -0.2) is 4.99 Å². The lowest BCUT2D eigenvalue weighted by Crippen LogP contribution is -2.40. The molecule has 1 rings (SSSR count). The summed E-state index contributed by atoms with van der Waals surface area (Å²) in [7, 11) is 1.61. The lowest BCUT2D eigenvalue weighted by Gasteiger charge is -2.23. The molecule has 1 aromatic rings. The molecule has 0 aromatic heterocycles. The average Bonchev–Trinajstić information content (AvgIpc) is 2.67. The molecule has 0 spiro atoms. The average molecular weight is 364 g/mol. The number of hydrogen-bond donors (Lipinski definition) is 3. The first-order chi connectivity index (χ1) is 12.7. The number of carbonyl (C=O) groups excluding carboxylic acids is 1. The van der Waals surface area contributed by atoms with E-state index in [1.165, 1.54) is 5.69 Å². The summed E-state index contributed by atoms with van der Waals surface area (Å²) in [6.07, 6.45) is 0.979. The van der Waals surface area contributed by atoms with Crippen LogP contribution in [0, 0.1) is 0 Å². The van der Waals surface area contributed by atoms with Crippen molar-refractivity contribution in [2.24, 2.45) is 4.99 Å². The van der Waals surface area contributed by atoms with Crippen LogP contribution in [0.25, 0.3) is 0 Å². The first kappa shape index (κ1) is 21.8. The number of ether oxygens (including phenoxy) is 1. The number of methoxy groups -OCH3 is 1. The zero-order valence-electron chi connectivity index (χ0n) is 16.3. The third-order valence-corrected chi connectivity index (χ3v) is 3.75. The summed E-state index contributed by atoms with van der Waals surface area (Å²) >= 11 is 0. The molecule has 0 saturated heterocycles. The highest BCUT2D eigenvalue weighted by atomic mass is 16.5. The summed E-state index contributed by atoms with van der Waals surface area (Å²) in [6.45, 7) is 8.75. The van der Waals surface area contributed by atoms with Gasteiger partial charge in [0.1, 0.15) is 6.54 Å². The lowest BCUT2D eigenvalue weighted by atomic mass is 10.2. The van der Waals surface area contributed by atoms with E-state index in [9.17, 15) is 4.79 Å². The van der Waals surface area contributed by atoms with Crippen LogP contribution in [0.1, 0.15) is 20.3 Å². The van der Waals surface area contributed by atoms with Crippen molar-refractivity contribution < 1.29 is 9.53 Å². The molecule has 0 fully saturated rings. The van der Waals surface area contributed by atoms with Gasteiger partial charge in [0.05, 0.1) is 6.61 Å². The van der Waals surface area contributed by atoms with Crippen molar-refractivity contribution in [1.82, 2.24) is 16.0 Å². The number of amides is 1. The summed E-state index contributed by atoms with van der Waals surface area (Å²) in [4.78, 5) is 18.4. The predicted octanol–water partition coefficient (Wildman–Crippen LogP) is 1.22. The summed E-state index contributed by atoms with van der Waals surface area (Å²) in [5.74, 6) is 0.553. The molecule has 0 aliphatic heterocycles.